The second-order valence-corrected chi connectivity index (χ2v) is 14.7. The highest BCUT2D eigenvalue weighted by Gasteiger charge is 2.59. The molecule has 222 valence electrons. The summed E-state index contributed by atoms with van der Waals surface area (Å²) in [6.07, 6.45) is 18.7. The molecule has 5 heteroatoms. The van der Waals surface area contributed by atoms with E-state index in [1.54, 1.807) is 5.57 Å². The van der Waals surface area contributed by atoms with Crippen LogP contribution in [0.3, 0.4) is 0 Å². The van der Waals surface area contributed by atoms with E-state index in [-0.39, 0.29) is 24.0 Å². The molecule has 4 rings (SSSR count). The quantitative estimate of drug-likeness (QED) is 0.190. The average Bonchev–Trinajstić information content (AvgIpc) is 3.23. The van der Waals surface area contributed by atoms with Crippen molar-refractivity contribution >= 4 is 12.1 Å². The van der Waals surface area contributed by atoms with Crippen LogP contribution in [0.4, 0.5) is 4.79 Å². The average molecular weight is 544 g/mol. The molecule has 4 aliphatic carbocycles. The van der Waals surface area contributed by atoms with Crippen LogP contribution in [0.1, 0.15) is 131 Å². The van der Waals surface area contributed by atoms with Gasteiger partial charge in [0, 0.05) is 19.4 Å². The maximum Gasteiger partial charge on any atom is 0.407 e. The van der Waals surface area contributed by atoms with Gasteiger partial charge in [0.15, 0.2) is 0 Å². The standard InChI is InChI=1S/C34H57NO4/c1-23(2)10-9-11-24(3)28-15-16-29-27-14-13-25-22-26(39-32(38)35-21-8-6-7-12-31(36)37)17-19-33(25,4)30(27)18-20-34(28,29)5/h13,23-24,26-30H,6-12,14-22H2,1-5H3,(H,35,38)(H,36,37)/t24-,26+,27?,28-,29+,30+,33+,34-/m1/s1. The molecule has 8 atom stereocenters. The van der Waals surface area contributed by atoms with E-state index in [2.05, 4.69) is 46.0 Å². The molecule has 0 bridgehead atoms. The third-order valence-electron chi connectivity index (χ3n) is 11.9. The third kappa shape index (κ3) is 6.87. The number of alkyl carbamates (subject to hydrolysis) is 1. The molecule has 0 heterocycles. The molecule has 0 aromatic rings. The zero-order chi connectivity index (χ0) is 28.2. The number of amides is 1. The van der Waals surface area contributed by atoms with Gasteiger partial charge in [-0.15, -0.1) is 0 Å². The van der Waals surface area contributed by atoms with Gasteiger partial charge in [-0.3, -0.25) is 4.79 Å². The lowest BCUT2D eigenvalue weighted by molar-refractivity contribution is -0.137. The summed E-state index contributed by atoms with van der Waals surface area (Å²) in [5.41, 5.74) is 2.35. The van der Waals surface area contributed by atoms with E-state index >= 15 is 0 Å². The second-order valence-electron chi connectivity index (χ2n) is 14.7. The Morgan fingerprint density at radius 3 is 2.54 bits per heavy atom. The lowest BCUT2D eigenvalue weighted by Gasteiger charge is -2.58. The van der Waals surface area contributed by atoms with Gasteiger partial charge in [0.05, 0.1) is 0 Å². The van der Waals surface area contributed by atoms with Gasteiger partial charge in [-0.2, -0.15) is 0 Å². The van der Waals surface area contributed by atoms with Crippen LogP contribution < -0.4 is 5.32 Å². The highest BCUT2D eigenvalue weighted by molar-refractivity contribution is 5.67. The largest absolute Gasteiger partial charge is 0.481 e. The van der Waals surface area contributed by atoms with Gasteiger partial charge < -0.3 is 15.2 Å². The van der Waals surface area contributed by atoms with Crippen LogP contribution >= 0.6 is 0 Å². The number of nitrogens with one attached hydrogen (secondary N) is 1. The Bertz CT molecular complexity index is 882. The molecule has 4 aliphatic rings. The first-order chi connectivity index (χ1) is 18.5. The molecule has 5 nitrogen and oxygen atoms in total. The molecular weight excluding hydrogens is 486 g/mol. The van der Waals surface area contributed by atoms with Crippen LogP contribution in [-0.4, -0.2) is 29.8 Å². The molecule has 3 fully saturated rings. The molecule has 39 heavy (non-hydrogen) atoms. The predicted molar refractivity (Wildman–Crippen MR) is 157 cm³/mol. The first-order valence-corrected chi connectivity index (χ1v) is 16.4. The number of hydrogen-bond acceptors (Lipinski definition) is 3. The van der Waals surface area contributed by atoms with E-state index in [4.69, 9.17) is 9.84 Å². The lowest BCUT2D eigenvalue weighted by atomic mass is 9.47. The zero-order valence-corrected chi connectivity index (χ0v) is 25.6. The minimum atomic E-state index is -0.758. The lowest BCUT2D eigenvalue weighted by Crippen LogP contribution is -2.51. The van der Waals surface area contributed by atoms with Crippen molar-refractivity contribution in [2.75, 3.05) is 6.54 Å². The summed E-state index contributed by atoms with van der Waals surface area (Å²) in [5, 5.41) is 11.6. The van der Waals surface area contributed by atoms with E-state index in [9.17, 15) is 9.59 Å². The van der Waals surface area contributed by atoms with Crippen LogP contribution in [0.25, 0.3) is 0 Å². The molecule has 0 spiro atoms. The number of hydrogen-bond donors (Lipinski definition) is 2. The maximum atomic E-state index is 12.4. The number of carbonyl (C=O) groups is 2. The first kappa shape index (κ1) is 30.4. The Labute approximate surface area is 238 Å². The fourth-order valence-corrected chi connectivity index (χ4v) is 9.71. The maximum absolute atomic E-state index is 12.4. The SMILES string of the molecule is CC(C)CCC[C@@H](C)[C@H]1CC[C@H]2C3CC=C4C[C@@H](OC(=O)NCCCCCC(=O)O)CC[C@]4(C)[C@H]3CC[C@]12C. The van der Waals surface area contributed by atoms with Gasteiger partial charge in [-0.05, 0) is 104 Å². The van der Waals surface area contributed by atoms with Gasteiger partial charge in [0.1, 0.15) is 6.10 Å². The van der Waals surface area contributed by atoms with Crippen molar-refractivity contribution in [3.8, 4) is 0 Å². The van der Waals surface area contributed by atoms with Crippen molar-refractivity contribution in [2.24, 2.45) is 46.3 Å². The predicted octanol–water partition coefficient (Wildman–Crippen LogP) is 8.77. The number of fused-ring (bicyclic) bond motifs is 5. The summed E-state index contributed by atoms with van der Waals surface area (Å²) < 4.78 is 5.85. The highest BCUT2D eigenvalue weighted by Crippen LogP contribution is 2.67. The smallest absolute Gasteiger partial charge is 0.407 e. The zero-order valence-electron chi connectivity index (χ0n) is 25.6. The molecule has 1 amide bonds. The molecule has 0 aromatic heterocycles. The molecule has 0 radical (unpaired) electrons. The summed E-state index contributed by atoms with van der Waals surface area (Å²) in [4.78, 5) is 23.0. The van der Waals surface area contributed by atoms with Crippen molar-refractivity contribution < 1.29 is 19.4 Å². The van der Waals surface area contributed by atoms with E-state index < -0.39 is 5.97 Å². The Morgan fingerprint density at radius 1 is 1.00 bits per heavy atom. The van der Waals surface area contributed by atoms with Crippen molar-refractivity contribution in [1.82, 2.24) is 5.32 Å². The van der Waals surface area contributed by atoms with Crippen molar-refractivity contribution in [3.05, 3.63) is 11.6 Å². The van der Waals surface area contributed by atoms with Crippen molar-refractivity contribution in [2.45, 2.75) is 137 Å². The normalized spacial score (nSPS) is 36.4. The van der Waals surface area contributed by atoms with Crippen molar-refractivity contribution in [3.63, 3.8) is 0 Å². The monoisotopic (exact) mass is 543 g/mol. The first-order valence-electron chi connectivity index (χ1n) is 16.4. The van der Waals surface area contributed by atoms with Crippen LogP contribution in [0.15, 0.2) is 11.6 Å². The fourth-order valence-electron chi connectivity index (χ4n) is 9.71. The summed E-state index contributed by atoms with van der Waals surface area (Å²) in [6, 6.07) is 0. The van der Waals surface area contributed by atoms with E-state index in [1.807, 2.05) is 0 Å². The molecule has 1 unspecified atom stereocenters. The van der Waals surface area contributed by atoms with Gasteiger partial charge in [0.25, 0.3) is 0 Å². The number of carboxylic acids is 1. The number of allylic oxidation sites excluding steroid dienone is 1. The summed E-state index contributed by atoms with van der Waals surface area (Å²) in [6.45, 7) is 13.0. The number of aliphatic carboxylic acids is 1. The minimum Gasteiger partial charge on any atom is -0.481 e. The van der Waals surface area contributed by atoms with Crippen LogP contribution in [-0.2, 0) is 9.53 Å². The second kappa shape index (κ2) is 13.0. The Balaban J connectivity index is 1.30. The topological polar surface area (TPSA) is 75.6 Å². The Morgan fingerprint density at radius 2 is 1.79 bits per heavy atom. The summed E-state index contributed by atoms with van der Waals surface area (Å²) in [5.74, 6) is 4.29. The number of carboxylic acid groups (broad SMARTS) is 1. The molecule has 0 aliphatic heterocycles. The van der Waals surface area contributed by atoms with Crippen LogP contribution in [0, 0.1) is 46.3 Å². The van der Waals surface area contributed by atoms with Crippen molar-refractivity contribution in [1.29, 1.82) is 0 Å². The number of rotatable bonds is 12. The van der Waals surface area contributed by atoms with E-state index in [0.29, 0.717) is 18.4 Å². The molecule has 0 saturated heterocycles. The van der Waals surface area contributed by atoms with Gasteiger partial charge in [0.2, 0.25) is 0 Å². The Kier molecular flexibility index (Phi) is 10.1. The fraction of sp³-hybridized carbons (Fsp3) is 0.882. The summed E-state index contributed by atoms with van der Waals surface area (Å²) >= 11 is 0. The number of unbranched alkanes of at least 4 members (excludes halogenated alkanes) is 2. The van der Waals surface area contributed by atoms with Gasteiger partial charge >= 0.3 is 12.1 Å². The molecular formula is C34H57NO4. The van der Waals surface area contributed by atoms with E-state index in [0.717, 1.165) is 67.6 Å². The van der Waals surface area contributed by atoms with E-state index in [1.165, 1.54) is 51.4 Å². The van der Waals surface area contributed by atoms with Gasteiger partial charge in [-0.25, -0.2) is 4.79 Å². The number of ether oxygens (including phenoxy) is 1. The van der Waals surface area contributed by atoms with Crippen LogP contribution in [0.2, 0.25) is 0 Å². The molecule has 2 N–H and O–H groups in total. The highest BCUT2D eigenvalue weighted by atomic mass is 16.6. The number of carbonyl (C=O) groups excluding carboxylic acids is 1. The Hall–Kier alpha value is -1.52. The van der Waals surface area contributed by atoms with Crippen LogP contribution in [0.5, 0.6) is 0 Å². The molecule has 3 saturated carbocycles. The minimum absolute atomic E-state index is 0.0238. The summed E-state index contributed by atoms with van der Waals surface area (Å²) in [7, 11) is 0. The molecule has 0 aromatic carbocycles. The van der Waals surface area contributed by atoms with Gasteiger partial charge in [-0.1, -0.05) is 72.0 Å². The third-order valence-corrected chi connectivity index (χ3v) is 11.9.